The van der Waals surface area contributed by atoms with Gasteiger partial charge in [0.1, 0.15) is 0 Å². The van der Waals surface area contributed by atoms with E-state index in [0.29, 0.717) is 17.4 Å². The van der Waals surface area contributed by atoms with E-state index in [0.717, 1.165) is 5.56 Å². The summed E-state index contributed by atoms with van der Waals surface area (Å²) in [6, 6.07) is 1.78. The maximum absolute atomic E-state index is 11.0. The average Bonchev–Trinajstić information content (AvgIpc) is 2.36. The zero-order valence-electron chi connectivity index (χ0n) is 6.67. The van der Waals surface area contributed by atoms with Crippen LogP contribution < -0.4 is 0 Å². The first-order valence-electron chi connectivity index (χ1n) is 3.61. The van der Waals surface area contributed by atoms with E-state index in [1.807, 2.05) is 5.38 Å². The molecule has 0 aliphatic heterocycles. The zero-order valence-corrected chi connectivity index (χ0v) is 8.24. The lowest BCUT2D eigenvalue weighted by atomic mass is 10.2. The van der Waals surface area contributed by atoms with Crippen LogP contribution in [0.5, 0.6) is 0 Å². The van der Waals surface area contributed by atoms with Crippen molar-refractivity contribution in [2.75, 3.05) is 6.61 Å². The molecule has 12 heavy (non-hydrogen) atoms. The Morgan fingerprint density at radius 1 is 1.75 bits per heavy atom. The van der Waals surface area contributed by atoms with E-state index in [4.69, 9.17) is 16.3 Å². The second-order valence-electron chi connectivity index (χ2n) is 2.24. The standard InChI is InChI=1S/C8H9ClO2S/c1-2-11-8(10)4-6-3-7(9)12-5-6/h3,5H,2,4H2,1H3. The van der Waals surface area contributed by atoms with Crippen LogP contribution in [0.3, 0.4) is 0 Å². The highest BCUT2D eigenvalue weighted by molar-refractivity contribution is 7.14. The van der Waals surface area contributed by atoms with Gasteiger partial charge in [-0.2, -0.15) is 0 Å². The van der Waals surface area contributed by atoms with Gasteiger partial charge < -0.3 is 4.74 Å². The van der Waals surface area contributed by atoms with Gasteiger partial charge in [-0.25, -0.2) is 0 Å². The van der Waals surface area contributed by atoms with E-state index in [9.17, 15) is 4.79 Å². The first-order valence-corrected chi connectivity index (χ1v) is 4.86. The lowest BCUT2D eigenvalue weighted by molar-refractivity contribution is -0.142. The Hall–Kier alpha value is -0.540. The second-order valence-corrected chi connectivity index (χ2v) is 3.78. The molecule has 66 valence electrons. The highest BCUT2D eigenvalue weighted by atomic mass is 35.5. The molecule has 0 aromatic carbocycles. The number of carbonyl (C=O) groups is 1. The van der Waals surface area contributed by atoms with E-state index in [1.54, 1.807) is 13.0 Å². The fourth-order valence-corrected chi connectivity index (χ4v) is 1.73. The van der Waals surface area contributed by atoms with Crippen LogP contribution in [0.15, 0.2) is 11.4 Å². The van der Waals surface area contributed by atoms with Crippen LogP contribution in [0.1, 0.15) is 12.5 Å². The fraction of sp³-hybridized carbons (Fsp3) is 0.375. The minimum atomic E-state index is -0.202. The van der Waals surface area contributed by atoms with Crippen LogP contribution in [0.4, 0.5) is 0 Å². The Morgan fingerprint density at radius 2 is 2.50 bits per heavy atom. The summed E-state index contributed by atoms with van der Waals surface area (Å²) in [6.45, 7) is 2.22. The van der Waals surface area contributed by atoms with Gasteiger partial charge in [-0.15, -0.1) is 11.3 Å². The van der Waals surface area contributed by atoms with Crippen molar-refractivity contribution in [2.45, 2.75) is 13.3 Å². The summed E-state index contributed by atoms with van der Waals surface area (Å²) < 4.78 is 5.48. The molecule has 1 aromatic heterocycles. The molecule has 0 amide bonds. The maximum atomic E-state index is 11.0. The van der Waals surface area contributed by atoms with E-state index in [1.165, 1.54) is 11.3 Å². The molecule has 4 heteroatoms. The van der Waals surface area contributed by atoms with Crippen LogP contribution in [0, 0.1) is 0 Å². The van der Waals surface area contributed by atoms with Crippen molar-refractivity contribution in [3.8, 4) is 0 Å². The van der Waals surface area contributed by atoms with E-state index in [-0.39, 0.29) is 5.97 Å². The van der Waals surface area contributed by atoms with Gasteiger partial charge in [0.2, 0.25) is 0 Å². The van der Waals surface area contributed by atoms with Crippen LogP contribution >= 0.6 is 22.9 Å². The van der Waals surface area contributed by atoms with Gasteiger partial charge in [-0.1, -0.05) is 11.6 Å². The number of halogens is 1. The van der Waals surface area contributed by atoms with Crippen molar-refractivity contribution in [3.63, 3.8) is 0 Å². The van der Waals surface area contributed by atoms with Gasteiger partial charge in [-0.05, 0) is 23.9 Å². The molecule has 0 aliphatic carbocycles. The summed E-state index contributed by atoms with van der Waals surface area (Å²) in [5, 5.41) is 1.86. The normalized spacial score (nSPS) is 9.83. The molecule has 0 atom stereocenters. The Morgan fingerprint density at radius 3 is 3.00 bits per heavy atom. The lowest BCUT2D eigenvalue weighted by Gasteiger charge is -1.98. The summed E-state index contributed by atoms with van der Waals surface area (Å²) in [4.78, 5) is 11.0. The molecule has 0 aliphatic rings. The van der Waals surface area contributed by atoms with Crippen molar-refractivity contribution in [2.24, 2.45) is 0 Å². The van der Waals surface area contributed by atoms with E-state index in [2.05, 4.69) is 0 Å². The first kappa shape index (κ1) is 9.55. The van der Waals surface area contributed by atoms with Crippen LogP contribution in [0.25, 0.3) is 0 Å². The predicted octanol–water partition coefficient (Wildman–Crippen LogP) is 2.51. The zero-order chi connectivity index (χ0) is 8.97. The Kier molecular flexibility index (Phi) is 3.56. The maximum Gasteiger partial charge on any atom is 0.310 e. The molecule has 0 N–H and O–H groups in total. The minimum absolute atomic E-state index is 0.202. The molecule has 2 nitrogen and oxygen atoms in total. The monoisotopic (exact) mass is 204 g/mol. The van der Waals surface area contributed by atoms with Crippen LogP contribution in [-0.4, -0.2) is 12.6 Å². The third-order valence-electron chi connectivity index (χ3n) is 1.28. The van der Waals surface area contributed by atoms with Gasteiger partial charge in [0.15, 0.2) is 0 Å². The van der Waals surface area contributed by atoms with Crippen molar-refractivity contribution in [1.29, 1.82) is 0 Å². The van der Waals surface area contributed by atoms with Crippen LogP contribution in [0.2, 0.25) is 4.34 Å². The molecule has 0 fully saturated rings. The van der Waals surface area contributed by atoms with Crippen molar-refractivity contribution in [3.05, 3.63) is 21.3 Å². The number of esters is 1. The molecule has 1 aromatic rings. The summed E-state index contributed by atoms with van der Waals surface area (Å²) in [7, 11) is 0. The molecular weight excluding hydrogens is 196 g/mol. The number of ether oxygens (including phenoxy) is 1. The van der Waals surface area contributed by atoms with E-state index < -0.39 is 0 Å². The van der Waals surface area contributed by atoms with Crippen molar-refractivity contribution >= 4 is 28.9 Å². The smallest absolute Gasteiger partial charge is 0.310 e. The molecule has 0 saturated heterocycles. The third kappa shape index (κ3) is 2.83. The molecule has 1 heterocycles. The van der Waals surface area contributed by atoms with Gasteiger partial charge in [0, 0.05) is 0 Å². The van der Waals surface area contributed by atoms with Crippen molar-refractivity contribution < 1.29 is 9.53 Å². The Bertz CT molecular complexity index is 270. The highest BCUT2D eigenvalue weighted by Crippen LogP contribution is 2.20. The van der Waals surface area contributed by atoms with Crippen molar-refractivity contribution in [1.82, 2.24) is 0 Å². The van der Waals surface area contributed by atoms with Gasteiger partial charge >= 0.3 is 5.97 Å². The summed E-state index contributed by atoms with van der Waals surface area (Å²) >= 11 is 7.11. The molecule has 0 spiro atoms. The minimum Gasteiger partial charge on any atom is -0.466 e. The fourth-order valence-electron chi connectivity index (χ4n) is 0.817. The van der Waals surface area contributed by atoms with Gasteiger partial charge in [-0.3, -0.25) is 4.79 Å². The number of hydrogen-bond acceptors (Lipinski definition) is 3. The quantitative estimate of drug-likeness (QED) is 0.708. The van der Waals surface area contributed by atoms with E-state index >= 15 is 0 Å². The predicted molar refractivity (Wildman–Crippen MR) is 49.7 cm³/mol. The summed E-state index contributed by atoms with van der Waals surface area (Å²) in [5.74, 6) is -0.202. The Balaban J connectivity index is 2.46. The number of hydrogen-bond donors (Lipinski definition) is 0. The Labute approximate surface area is 80.1 Å². The highest BCUT2D eigenvalue weighted by Gasteiger charge is 2.04. The molecule has 0 saturated carbocycles. The largest absolute Gasteiger partial charge is 0.466 e. The van der Waals surface area contributed by atoms with Gasteiger partial charge in [0.05, 0.1) is 17.4 Å². The van der Waals surface area contributed by atoms with Gasteiger partial charge in [0.25, 0.3) is 0 Å². The molecule has 0 unspecified atom stereocenters. The number of rotatable bonds is 3. The molecule has 1 rings (SSSR count). The topological polar surface area (TPSA) is 26.3 Å². The molecule has 0 bridgehead atoms. The second kappa shape index (κ2) is 4.48. The number of carbonyl (C=O) groups excluding carboxylic acids is 1. The first-order chi connectivity index (χ1) is 5.72. The third-order valence-corrected chi connectivity index (χ3v) is 2.42. The summed E-state index contributed by atoms with van der Waals surface area (Å²) in [6.07, 6.45) is 0.317. The average molecular weight is 205 g/mol. The van der Waals surface area contributed by atoms with Crippen LogP contribution in [-0.2, 0) is 16.0 Å². The molecular formula is C8H9ClO2S. The number of thiophene rings is 1. The molecule has 0 radical (unpaired) electrons. The SMILES string of the molecule is CCOC(=O)Cc1csc(Cl)c1. The lowest BCUT2D eigenvalue weighted by Crippen LogP contribution is -2.06. The summed E-state index contributed by atoms with van der Waals surface area (Å²) in [5.41, 5.74) is 0.920.